The van der Waals surface area contributed by atoms with Gasteiger partial charge in [-0.3, -0.25) is 0 Å². The van der Waals surface area contributed by atoms with Crippen molar-refractivity contribution >= 4 is 100 Å². The number of hydrogen-bond acceptors (Lipinski definition) is 1. The van der Waals surface area contributed by atoms with Crippen molar-refractivity contribution in [1.29, 1.82) is 0 Å². The molecule has 3 nitrogen and oxygen atoms in total. The molecule has 0 bridgehead atoms. The second kappa shape index (κ2) is 8.96. The van der Waals surface area contributed by atoms with Crippen LogP contribution in [0.4, 0.5) is 17.1 Å². The first kappa shape index (κ1) is 26.9. The zero-order chi connectivity index (χ0) is 33.0. The summed E-state index contributed by atoms with van der Waals surface area (Å²) in [6.07, 6.45) is 0. The maximum Gasteiger partial charge on any atom is 0.252 e. The Balaban J connectivity index is 1.26. The Morgan fingerprint density at radius 2 is 1.14 bits per heavy atom. The number of para-hydroxylation sites is 4. The Hall–Kier alpha value is -6.00. The molecule has 0 N–H and O–H groups in total. The van der Waals surface area contributed by atoms with Crippen molar-refractivity contribution in [2.75, 3.05) is 4.90 Å². The molecule has 7 aromatic carbocycles. The molecule has 0 fully saturated rings. The van der Waals surface area contributed by atoms with E-state index in [1.165, 1.54) is 105 Å². The molecule has 5 heterocycles. The molecule has 4 heteroatoms. The van der Waals surface area contributed by atoms with Crippen LogP contribution in [0.1, 0.15) is 26.3 Å². The van der Waals surface area contributed by atoms with Crippen LogP contribution in [0.15, 0.2) is 140 Å². The van der Waals surface area contributed by atoms with Crippen LogP contribution in [-0.4, -0.2) is 15.7 Å². The van der Waals surface area contributed by atoms with Gasteiger partial charge in [-0.1, -0.05) is 112 Å². The maximum absolute atomic E-state index is 2.62. The Morgan fingerprint density at radius 1 is 0.480 bits per heavy atom. The van der Waals surface area contributed by atoms with E-state index in [0.29, 0.717) is 0 Å². The summed E-state index contributed by atoms with van der Waals surface area (Å²) in [5, 5.41) is 7.95. The minimum absolute atomic E-state index is 0.0874. The quantitative estimate of drug-likeness (QED) is 0.163. The van der Waals surface area contributed by atoms with Crippen molar-refractivity contribution < 1.29 is 0 Å². The highest BCUT2D eigenvalue weighted by molar-refractivity contribution is 7.00. The molecule has 0 saturated heterocycles. The average Bonchev–Trinajstić information content (AvgIpc) is 3.78. The molecule has 3 aromatic heterocycles. The highest BCUT2D eigenvalue weighted by Crippen LogP contribution is 2.47. The van der Waals surface area contributed by atoms with Crippen molar-refractivity contribution in [2.45, 2.75) is 26.2 Å². The molecule has 2 aliphatic heterocycles. The van der Waals surface area contributed by atoms with Crippen molar-refractivity contribution in [1.82, 2.24) is 8.97 Å². The third-order valence-electron chi connectivity index (χ3n) is 11.8. The van der Waals surface area contributed by atoms with E-state index < -0.39 is 0 Å². The van der Waals surface area contributed by atoms with E-state index in [2.05, 4.69) is 174 Å². The molecule has 12 rings (SSSR count). The smallest absolute Gasteiger partial charge is 0.252 e. The van der Waals surface area contributed by atoms with Gasteiger partial charge in [0.05, 0.1) is 22.1 Å². The number of nitrogens with zero attached hydrogens (tertiary/aromatic N) is 3. The van der Waals surface area contributed by atoms with Crippen LogP contribution in [0.2, 0.25) is 0 Å². The van der Waals surface area contributed by atoms with Crippen molar-refractivity contribution in [2.24, 2.45) is 0 Å². The van der Waals surface area contributed by atoms with Gasteiger partial charge >= 0.3 is 0 Å². The lowest BCUT2D eigenvalue weighted by Gasteiger charge is -2.40. The molecule has 0 saturated carbocycles. The molecule has 10 aromatic rings. The molecule has 0 spiro atoms. The number of anilines is 3. The lowest BCUT2D eigenvalue weighted by atomic mass is 9.34. The van der Waals surface area contributed by atoms with E-state index >= 15 is 0 Å². The van der Waals surface area contributed by atoms with Crippen LogP contribution in [0.3, 0.4) is 0 Å². The highest BCUT2D eigenvalue weighted by Gasteiger charge is 2.42. The first-order chi connectivity index (χ1) is 24.5. The van der Waals surface area contributed by atoms with Gasteiger partial charge in [0.2, 0.25) is 0 Å². The van der Waals surface area contributed by atoms with Gasteiger partial charge in [-0.25, -0.2) is 0 Å². The molecule has 50 heavy (non-hydrogen) atoms. The molecule has 0 amide bonds. The van der Waals surface area contributed by atoms with E-state index in [0.717, 1.165) is 0 Å². The zero-order valence-electron chi connectivity index (χ0n) is 28.2. The Labute approximate surface area is 290 Å². The molecule has 0 atom stereocenters. The summed E-state index contributed by atoms with van der Waals surface area (Å²) in [5.41, 5.74) is 17.0. The van der Waals surface area contributed by atoms with Gasteiger partial charge in [-0.2, -0.15) is 0 Å². The topological polar surface area (TPSA) is 12.6 Å². The SMILES string of the molecule is CC(C)(C)c1ccc2c(c1)c1cccc3c4c5c(ccc4n2c13)c1cccc2c1n5-c1cccc3c1B2c1ccccc1N3c1ccccc1. The molecule has 0 aliphatic carbocycles. The monoisotopic (exact) mass is 637 g/mol. The summed E-state index contributed by atoms with van der Waals surface area (Å²) in [7, 11) is 0. The van der Waals surface area contributed by atoms with Gasteiger partial charge in [0.1, 0.15) is 0 Å². The number of rotatable bonds is 1. The largest absolute Gasteiger partial charge is 0.311 e. The Morgan fingerprint density at radius 3 is 2.00 bits per heavy atom. The van der Waals surface area contributed by atoms with Crippen LogP contribution in [-0.2, 0) is 5.41 Å². The van der Waals surface area contributed by atoms with Gasteiger partial charge in [-0.05, 0) is 75.9 Å². The minimum Gasteiger partial charge on any atom is -0.311 e. The lowest BCUT2D eigenvalue weighted by Crippen LogP contribution is -2.60. The van der Waals surface area contributed by atoms with E-state index in [4.69, 9.17) is 0 Å². The predicted molar refractivity (Wildman–Crippen MR) is 213 cm³/mol. The number of benzene rings is 7. The van der Waals surface area contributed by atoms with Crippen LogP contribution in [0.25, 0.3) is 65.6 Å². The average molecular weight is 638 g/mol. The first-order valence-corrected chi connectivity index (χ1v) is 17.7. The van der Waals surface area contributed by atoms with Crippen LogP contribution < -0.4 is 21.3 Å². The van der Waals surface area contributed by atoms with Crippen molar-refractivity contribution in [3.63, 3.8) is 0 Å². The van der Waals surface area contributed by atoms with Gasteiger partial charge in [0, 0.05) is 60.6 Å². The summed E-state index contributed by atoms with van der Waals surface area (Å²) in [5.74, 6) is 0. The normalized spacial score (nSPS) is 13.8. The third kappa shape index (κ3) is 3.10. The van der Waals surface area contributed by atoms with E-state index in [1.54, 1.807) is 0 Å². The summed E-state index contributed by atoms with van der Waals surface area (Å²) >= 11 is 0. The van der Waals surface area contributed by atoms with Gasteiger partial charge in [-0.15, -0.1) is 0 Å². The maximum atomic E-state index is 2.62. The number of aromatic nitrogens is 2. The number of hydrogen-bond donors (Lipinski definition) is 0. The predicted octanol–water partition coefficient (Wildman–Crippen LogP) is 9.84. The van der Waals surface area contributed by atoms with Crippen LogP contribution in [0.5, 0.6) is 0 Å². The molecular formula is C46H32BN3. The lowest BCUT2D eigenvalue weighted by molar-refractivity contribution is 0.591. The Bertz CT molecular complexity index is 3090. The molecular weight excluding hydrogens is 605 g/mol. The van der Waals surface area contributed by atoms with E-state index in [1.807, 2.05) is 0 Å². The Kier molecular flexibility index (Phi) is 4.82. The van der Waals surface area contributed by atoms with Crippen LogP contribution >= 0.6 is 0 Å². The molecule has 0 radical (unpaired) electrons. The summed E-state index contributed by atoms with van der Waals surface area (Å²) in [4.78, 5) is 2.47. The van der Waals surface area contributed by atoms with Gasteiger partial charge < -0.3 is 13.9 Å². The fraction of sp³-hybridized carbons (Fsp3) is 0.0870. The van der Waals surface area contributed by atoms with Gasteiger partial charge in [0.15, 0.2) is 0 Å². The zero-order valence-corrected chi connectivity index (χ0v) is 28.2. The standard InChI is InChI=1S/C46H32BN3/c1-46(2,3)27-22-24-36-33(26-27)30-14-9-16-32-41-38(49(36)43(30)32)25-23-31-29-15-10-18-35-44(29)50(45(31)41)40-21-11-20-39-42(40)47(35)34-17-7-8-19-37(34)48(39)28-12-5-4-6-13-28/h4-26H,1-3H3. The van der Waals surface area contributed by atoms with E-state index in [-0.39, 0.29) is 12.1 Å². The fourth-order valence-electron chi connectivity index (χ4n) is 9.71. The first-order valence-electron chi connectivity index (χ1n) is 17.7. The minimum atomic E-state index is 0.0874. The second-order valence-corrected chi connectivity index (χ2v) is 15.3. The molecule has 2 aliphatic rings. The van der Waals surface area contributed by atoms with Gasteiger partial charge in [0.25, 0.3) is 6.71 Å². The molecule has 0 unspecified atom stereocenters. The summed E-state index contributed by atoms with van der Waals surface area (Å²) in [6, 6.07) is 52.6. The second-order valence-electron chi connectivity index (χ2n) is 15.3. The summed E-state index contributed by atoms with van der Waals surface area (Å²) in [6.45, 7) is 7.05. The number of fused-ring (bicyclic) bond motifs is 14. The third-order valence-corrected chi connectivity index (χ3v) is 11.8. The highest BCUT2D eigenvalue weighted by atomic mass is 15.2. The van der Waals surface area contributed by atoms with Crippen molar-refractivity contribution in [3.05, 3.63) is 145 Å². The summed E-state index contributed by atoms with van der Waals surface area (Å²) < 4.78 is 5.16. The van der Waals surface area contributed by atoms with E-state index in [9.17, 15) is 0 Å². The molecule has 234 valence electrons. The fourth-order valence-corrected chi connectivity index (χ4v) is 9.71. The van der Waals surface area contributed by atoms with Crippen molar-refractivity contribution in [3.8, 4) is 5.69 Å². The van der Waals surface area contributed by atoms with Crippen LogP contribution in [0, 0.1) is 0 Å².